The molecule has 122 valence electrons. The van der Waals surface area contributed by atoms with Crippen LogP contribution in [0.3, 0.4) is 0 Å². The van der Waals surface area contributed by atoms with Crippen molar-refractivity contribution < 1.29 is 14.3 Å². The molecule has 7 heteroatoms. The van der Waals surface area contributed by atoms with E-state index >= 15 is 0 Å². The van der Waals surface area contributed by atoms with Gasteiger partial charge in [-0.2, -0.15) is 5.10 Å². The topological polar surface area (TPSA) is 78.3 Å². The van der Waals surface area contributed by atoms with Gasteiger partial charge in [-0.3, -0.25) is 14.5 Å². The van der Waals surface area contributed by atoms with Gasteiger partial charge in [-0.05, 0) is 30.9 Å². The Morgan fingerprint density at radius 1 is 1.39 bits per heavy atom. The molecule has 0 aliphatic carbocycles. The number of hydrogen-bond donors (Lipinski definition) is 1. The van der Waals surface area contributed by atoms with Crippen molar-refractivity contribution in [1.82, 2.24) is 14.8 Å². The number of rotatable bonds is 6. The van der Waals surface area contributed by atoms with Crippen molar-refractivity contribution in [2.75, 3.05) is 25.1 Å². The lowest BCUT2D eigenvalue weighted by Gasteiger charge is -2.21. The number of amides is 1. The predicted molar refractivity (Wildman–Crippen MR) is 84.1 cm³/mol. The molecule has 0 spiro atoms. The molecule has 2 aromatic heterocycles. The summed E-state index contributed by atoms with van der Waals surface area (Å²) in [5, 5.41) is 7.07. The van der Waals surface area contributed by atoms with E-state index in [1.54, 1.807) is 30.7 Å². The minimum Gasteiger partial charge on any atom is -0.482 e. The Labute approximate surface area is 134 Å². The largest absolute Gasteiger partial charge is 0.482 e. The van der Waals surface area contributed by atoms with Gasteiger partial charge in [0.2, 0.25) is 0 Å². The van der Waals surface area contributed by atoms with Crippen molar-refractivity contribution in [3.8, 4) is 5.75 Å². The van der Waals surface area contributed by atoms with Crippen molar-refractivity contribution in [3.63, 3.8) is 0 Å². The van der Waals surface area contributed by atoms with E-state index in [4.69, 9.17) is 9.47 Å². The fraction of sp³-hybridized carbons (Fsp3) is 0.438. The first-order valence-electron chi connectivity index (χ1n) is 7.72. The minimum atomic E-state index is -0.223. The molecule has 0 unspecified atom stereocenters. The standard InChI is InChI=1S/C16H20N4O3/c21-16(12-23-15-2-1-5-17-9-15)19-14-8-18-20(11-14)10-13-3-6-22-7-4-13/h1-2,5,8-9,11,13H,3-4,6-7,10,12H2,(H,19,21). The van der Waals surface area contributed by atoms with Crippen LogP contribution in [0.25, 0.3) is 0 Å². The van der Waals surface area contributed by atoms with Crippen LogP contribution in [0.2, 0.25) is 0 Å². The SMILES string of the molecule is O=C(COc1cccnc1)Nc1cnn(CC2CCOCC2)c1. The molecule has 0 radical (unpaired) electrons. The number of aromatic nitrogens is 3. The number of anilines is 1. The van der Waals surface area contributed by atoms with Crippen molar-refractivity contribution in [2.24, 2.45) is 5.92 Å². The first-order chi connectivity index (χ1) is 11.3. The number of carbonyl (C=O) groups is 1. The van der Waals surface area contributed by atoms with E-state index < -0.39 is 0 Å². The van der Waals surface area contributed by atoms with Gasteiger partial charge < -0.3 is 14.8 Å². The Morgan fingerprint density at radius 3 is 3.04 bits per heavy atom. The molecule has 0 saturated carbocycles. The van der Waals surface area contributed by atoms with Gasteiger partial charge in [0.1, 0.15) is 5.75 Å². The summed E-state index contributed by atoms with van der Waals surface area (Å²) < 4.78 is 12.6. The summed E-state index contributed by atoms with van der Waals surface area (Å²) in [7, 11) is 0. The molecule has 1 saturated heterocycles. The number of hydrogen-bond acceptors (Lipinski definition) is 5. The smallest absolute Gasteiger partial charge is 0.262 e. The van der Waals surface area contributed by atoms with Gasteiger partial charge in [-0.25, -0.2) is 0 Å². The molecule has 1 fully saturated rings. The number of carbonyl (C=O) groups excluding carboxylic acids is 1. The van der Waals surface area contributed by atoms with Crippen molar-refractivity contribution >= 4 is 11.6 Å². The number of ether oxygens (including phenoxy) is 2. The zero-order chi connectivity index (χ0) is 15.9. The Morgan fingerprint density at radius 2 is 2.26 bits per heavy atom. The predicted octanol–water partition coefficient (Wildman–Crippen LogP) is 1.72. The fourth-order valence-electron chi connectivity index (χ4n) is 2.50. The van der Waals surface area contributed by atoms with Crippen LogP contribution in [-0.2, 0) is 16.1 Å². The number of nitrogens with one attached hydrogen (secondary N) is 1. The Bertz CT molecular complexity index is 623. The maximum Gasteiger partial charge on any atom is 0.262 e. The van der Waals surface area contributed by atoms with E-state index in [9.17, 15) is 4.79 Å². The lowest BCUT2D eigenvalue weighted by Crippen LogP contribution is -2.21. The van der Waals surface area contributed by atoms with Gasteiger partial charge in [-0.15, -0.1) is 0 Å². The molecule has 0 aromatic carbocycles. The van der Waals surface area contributed by atoms with Crippen LogP contribution in [0.15, 0.2) is 36.9 Å². The lowest BCUT2D eigenvalue weighted by molar-refractivity contribution is -0.118. The van der Waals surface area contributed by atoms with E-state index in [1.807, 2.05) is 10.9 Å². The van der Waals surface area contributed by atoms with Gasteiger partial charge in [0, 0.05) is 32.2 Å². The van der Waals surface area contributed by atoms with Crippen molar-refractivity contribution in [2.45, 2.75) is 19.4 Å². The van der Waals surface area contributed by atoms with Gasteiger partial charge in [-0.1, -0.05) is 0 Å². The second kappa shape index (κ2) is 7.73. The quantitative estimate of drug-likeness (QED) is 0.878. The highest BCUT2D eigenvalue weighted by Gasteiger charge is 2.15. The molecule has 1 N–H and O–H groups in total. The molecule has 7 nitrogen and oxygen atoms in total. The molecule has 0 bridgehead atoms. The van der Waals surface area contributed by atoms with Gasteiger partial charge in [0.05, 0.1) is 18.1 Å². The van der Waals surface area contributed by atoms with E-state index in [2.05, 4.69) is 15.4 Å². The van der Waals surface area contributed by atoms with Gasteiger partial charge >= 0.3 is 0 Å². The Kier molecular flexibility index (Phi) is 5.21. The second-order valence-electron chi connectivity index (χ2n) is 5.53. The first kappa shape index (κ1) is 15.5. The number of pyridine rings is 1. The normalized spacial score (nSPS) is 15.3. The summed E-state index contributed by atoms with van der Waals surface area (Å²) in [6, 6.07) is 3.51. The monoisotopic (exact) mass is 316 g/mol. The maximum absolute atomic E-state index is 11.9. The third kappa shape index (κ3) is 4.79. The van der Waals surface area contributed by atoms with Crippen LogP contribution in [-0.4, -0.2) is 40.5 Å². The molecule has 1 aliphatic rings. The van der Waals surface area contributed by atoms with Crippen molar-refractivity contribution in [3.05, 3.63) is 36.9 Å². The summed E-state index contributed by atoms with van der Waals surface area (Å²) in [5.41, 5.74) is 0.678. The average Bonchev–Trinajstić information content (AvgIpc) is 3.02. The summed E-state index contributed by atoms with van der Waals surface area (Å²) in [6.45, 7) is 2.44. The zero-order valence-electron chi connectivity index (χ0n) is 12.9. The summed E-state index contributed by atoms with van der Waals surface area (Å²) in [6.07, 6.45) is 8.83. The highest BCUT2D eigenvalue weighted by atomic mass is 16.5. The van der Waals surface area contributed by atoms with Gasteiger partial charge in [0.15, 0.2) is 6.61 Å². The van der Waals surface area contributed by atoms with E-state index in [-0.39, 0.29) is 12.5 Å². The second-order valence-corrected chi connectivity index (χ2v) is 5.53. The Balaban J connectivity index is 1.45. The summed E-state index contributed by atoms with van der Waals surface area (Å²) in [5.74, 6) is 0.929. The third-order valence-electron chi connectivity index (χ3n) is 3.71. The molecule has 3 rings (SSSR count). The van der Waals surface area contributed by atoms with E-state index in [0.717, 1.165) is 32.6 Å². The van der Waals surface area contributed by atoms with Crippen LogP contribution >= 0.6 is 0 Å². The van der Waals surface area contributed by atoms with Crippen LogP contribution < -0.4 is 10.1 Å². The molecular weight excluding hydrogens is 296 g/mol. The third-order valence-corrected chi connectivity index (χ3v) is 3.71. The van der Waals surface area contributed by atoms with Gasteiger partial charge in [0.25, 0.3) is 5.91 Å². The number of nitrogens with zero attached hydrogens (tertiary/aromatic N) is 3. The van der Waals surface area contributed by atoms with Crippen LogP contribution in [0, 0.1) is 5.92 Å². The molecule has 0 atom stereocenters. The van der Waals surface area contributed by atoms with Crippen LogP contribution in [0.1, 0.15) is 12.8 Å². The lowest BCUT2D eigenvalue weighted by atomic mass is 10.0. The molecule has 1 amide bonds. The van der Waals surface area contributed by atoms with E-state index in [1.165, 1.54) is 0 Å². The molecule has 1 aliphatic heterocycles. The zero-order valence-corrected chi connectivity index (χ0v) is 12.9. The minimum absolute atomic E-state index is 0.0587. The highest BCUT2D eigenvalue weighted by Crippen LogP contribution is 2.17. The molecule has 23 heavy (non-hydrogen) atoms. The summed E-state index contributed by atoms with van der Waals surface area (Å²) in [4.78, 5) is 15.8. The Hall–Kier alpha value is -2.41. The van der Waals surface area contributed by atoms with Crippen LogP contribution in [0.4, 0.5) is 5.69 Å². The fourth-order valence-corrected chi connectivity index (χ4v) is 2.50. The maximum atomic E-state index is 11.9. The first-order valence-corrected chi connectivity index (χ1v) is 7.72. The average molecular weight is 316 g/mol. The van der Waals surface area contributed by atoms with E-state index in [0.29, 0.717) is 17.4 Å². The molecule has 3 heterocycles. The summed E-state index contributed by atoms with van der Waals surface area (Å²) >= 11 is 0. The highest BCUT2D eigenvalue weighted by molar-refractivity contribution is 5.91. The molecular formula is C16H20N4O3. The molecule has 2 aromatic rings. The van der Waals surface area contributed by atoms with Crippen LogP contribution in [0.5, 0.6) is 5.75 Å². The van der Waals surface area contributed by atoms with Crippen molar-refractivity contribution in [1.29, 1.82) is 0 Å².